The summed E-state index contributed by atoms with van der Waals surface area (Å²) in [6.45, 7) is 0. The van der Waals surface area contributed by atoms with Crippen molar-refractivity contribution >= 4 is 54.1 Å². The van der Waals surface area contributed by atoms with Crippen LogP contribution in [0.25, 0.3) is 70.9 Å². The molecule has 0 atom stereocenters. The molecule has 0 saturated heterocycles. The fourth-order valence-corrected chi connectivity index (χ4v) is 6.21. The third-order valence-corrected chi connectivity index (χ3v) is 7.99. The van der Waals surface area contributed by atoms with Crippen LogP contribution in [0.15, 0.2) is 133 Å². The minimum atomic E-state index is 0.672. The van der Waals surface area contributed by atoms with Gasteiger partial charge < -0.3 is 4.57 Å². The van der Waals surface area contributed by atoms with E-state index >= 15 is 0 Å². The molecule has 0 amide bonds. The monoisotopic (exact) mass is 494 g/mol. The summed E-state index contributed by atoms with van der Waals surface area (Å²) in [6, 6.07) is 49.7. The number of fused-ring (bicyclic) bond motifs is 8. The van der Waals surface area contributed by atoms with Crippen LogP contribution in [0.2, 0.25) is 0 Å². The minimum absolute atomic E-state index is 0.672. The number of para-hydroxylation sites is 1. The number of hydrogen-bond donors (Lipinski definition) is 0. The van der Waals surface area contributed by atoms with Gasteiger partial charge in [-0.1, -0.05) is 91.0 Å². The molecule has 0 bridgehead atoms. The summed E-state index contributed by atoms with van der Waals surface area (Å²) in [5.41, 5.74) is 6.40. The molecule has 1 heterocycles. The van der Waals surface area contributed by atoms with Gasteiger partial charge in [0, 0.05) is 16.5 Å². The average Bonchev–Trinajstić information content (AvgIpc) is 3.33. The molecular weight excluding hydrogens is 472 g/mol. The first-order chi connectivity index (χ1) is 19.3. The SMILES string of the molecule is N#Cc1ccc2c(c1)c1ccc(-c3cc4c5ccccc5ccc4c4ccccc34)cc1n2-c1ccccc1. The molecule has 0 fully saturated rings. The zero-order valence-electron chi connectivity index (χ0n) is 21.1. The molecule has 1 aromatic heterocycles. The minimum Gasteiger partial charge on any atom is -0.309 e. The largest absolute Gasteiger partial charge is 0.309 e. The van der Waals surface area contributed by atoms with E-state index in [4.69, 9.17) is 0 Å². The summed E-state index contributed by atoms with van der Waals surface area (Å²) >= 11 is 0. The lowest BCUT2D eigenvalue weighted by atomic mass is 9.90. The predicted molar refractivity (Wildman–Crippen MR) is 163 cm³/mol. The van der Waals surface area contributed by atoms with E-state index in [2.05, 4.69) is 126 Å². The Labute approximate surface area is 225 Å². The smallest absolute Gasteiger partial charge is 0.0991 e. The molecule has 2 heteroatoms. The third kappa shape index (κ3) is 3.21. The Bertz CT molecular complexity index is 2280. The molecule has 0 aliphatic rings. The molecule has 0 aliphatic carbocycles. The van der Waals surface area contributed by atoms with Crippen molar-refractivity contribution in [3.05, 3.63) is 139 Å². The van der Waals surface area contributed by atoms with Crippen molar-refractivity contribution in [3.63, 3.8) is 0 Å². The van der Waals surface area contributed by atoms with Crippen LogP contribution in [-0.4, -0.2) is 4.57 Å². The number of nitrogens with zero attached hydrogens (tertiary/aromatic N) is 2. The van der Waals surface area contributed by atoms with Gasteiger partial charge in [0.05, 0.1) is 22.7 Å². The Morgan fingerprint density at radius 3 is 2.03 bits per heavy atom. The van der Waals surface area contributed by atoms with E-state index in [9.17, 15) is 5.26 Å². The van der Waals surface area contributed by atoms with Crippen LogP contribution in [0.3, 0.4) is 0 Å². The lowest BCUT2D eigenvalue weighted by Gasteiger charge is -2.14. The second-order valence-electron chi connectivity index (χ2n) is 10.1. The zero-order chi connectivity index (χ0) is 25.9. The first-order valence-corrected chi connectivity index (χ1v) is 13.2. The molecule has 0 spiro atoms. The van der Waals surface area contributed by atoms with E-state index in [1.165, 1.54) is 43.4 Å². The second-order valence-corrected chi connectivity index (χ2v) is 10.1. The van der Waals surface area contributed by atoms with Crippen molar-refractivity contribution in [3.8, 4) is 22.9 Å². The van der Waals surface area contributed by atoms with Crippen LogP contribution >= 0.6 is 0 Å². The second kappa shape index (κ2) is 8.31. The highest BCUT2D eigenvalue weighted by Gasteiger charge is 2.16. The fraction of sp³-hybridized carbons (Fsp3) is 0. The lowest BCUT2D eigenvalue weighted by molar-refractivity contribution is 1.18. The number of aromatic nitrogens is 1. The molecule has 180 valence electrons. The Hall–Kier alpha value is -5.39. The van der Waals surface area contributed by atoms with Gasteiger partial charge in [0.2, 0.25) is 0 Å². The van der Waals surface area contributed by atoms with Crippen molar-refractivity contribution in [2.75, 3.05) is 0 Å². The van der Waals surface area contributed by atoms with Gasteiger partial charge in [0.15, 0.2) is 0 Å². The van der Waals surface area contributed by atoms with Crippen LogP contribution in [0.5, 0.6) is 0 Å². The summed E-state index contributed by atoms with van der Waals surface area (Å²) < 4.78 is 2.31. The van der Waals surface area contributed by atoms with E-state index in [0.717, 1.165) is 27.5 Å². The Morgan fingerprint density at radius 1 is 0.462 bits per heavy atom. The van der Waals surface area contributed by atoms with Crippen LogP contribution in [0, 0.1) is 11.3 Å². The Morgan fingerprint density at radius 2 is 1.18 bits per heavy atom. The zero-order valence-corrected chi connectivity index (χ0v) is 21.1. The molecule has 0 saturated carbocycles. The highest BCUT2D eigenvalue weighted by Crippen LogP contribution is 2.40. The van der Waals surface area contributed by atoms with Gasteiger partial charge in [-0.15, -0.1) is 0 Å². The number of rotatable bonds is 2. The van der Waals surface area contributed by atoms with Crippen LogP contribution < -0.4 is 0 Å². The maximum Gasteiger partial charge on any atom is 0.0991 e. The number of nitriles is 1. The highest BCUT2D eigenvalue weighted by molar-refractivity contribution is 6.21. The summed E-state index contributed by atoms with van der Waals surface area (Å²) in [7, 11) is 0. The van der Waals surface area contributed by atoms with Crippen LogP contribution in [0.1, 0.15) is 5.56 Å². The lowest BCUT2D eigenvalue weighted by Crippen LogP contribution is -1.93. The van der Waals surface area contributed by atoms with Crippen molar-refractivity contribution in [2.45, 2.75) is 0 Å². The topological polar surface area (TPSA) is 28.7 Å². The quantitative estimate of drug-likeness (QED) is 0.220. The summed E-state index contributed by atoms with van der Waals surface area (Å²) in [5.74, 6) is 0. The summed E-state index contributed by atoms with van der Waals surface area (Å²) in [6.07, 6.45) is 0. The predicted octanol–water partition coefficient (Wildman–Crippen LogP) is 9.78. The van der Waals surface area contributed by atoms with Crippen molar-refractivity contribution in [2.24, 2.45) is 0 Å². The maximum atomic E-state index is 9.59. The first-order valence-electron chi connectivity index (χ1n) is 13.2. The van der Waals surface area contributed by atoms with E-state index in [-0.39, 0.29) is 0 Å². The maximum absolute atomic E-state index is 9.59. The average molecular weight is 495 g/mol. The van der Waals surface area contributed by atoms with Crippen molar-refractivity contribution in [1.82, 2.24) is 4.57 Å². The molecule has 0 unspecified atom stereocenters. The Balaban J connectivity index is 1.49. The number of benzene rings is 7. The first kappa shape index (κ1) is 21.7. The van der Waals surface area contributed by atoms with Gasteiger partial charge in [-0.25, -0.2) is 0 Å². The molecule has 8 aromatic rings. The molecule has 2 nitrogen and oxygen atoms in total. The summed E-state index contributed by atoms with van der Waals surface area (Å²) in [5, 5.41) is 19.4. The van der Waals surface area contributed by atoms with Gasteiger partial charge >= 0.3 is 0 Å². The van der Waals surface area contributed by atoms with Gasteiger partial charge in [0.1, 0.15) is 0 Å². The molecule has 8 rings (SSSR count). The molecule has 7 aromatic carbocycles. The normalized spacial score (nSPS) is 11.6. The van der Waals surface area contributed by atoms with Gasteiger partial charge in [-0.3, -0.25) is 0 Å². The van der Waals surface area contributed by atoms with Crippen molar-refractivity contribution < 1.29 is 0 Å². The Kier molecular flexibility index (Phi) is 4.62. The van der Waals surface area contributed by atoms with Crippen LogP contribution in [-0.2, 0) is 0 Å². The van der Waals surface area contributed by atoms with E-state index < -0.39 is 0 Å². The molecule has 0 N–H and O–H groups in total. The molecule has 0 aliphatic heterocycles. The summed E-state index contributed by atoms with van der Waals surface area (Å²) in [4.78, 5) is 0. The van der Waals surface area contributed by atoms with E-state index in [0.29, 0.717) is 5.56 Å². The van der Waals surface area contributed by atoms with Gasteiger partial charge in [-0.2, -0.15) is 5.26 Å². The number of hydrogen-bond acceptors (Lipinski definition) is 1. The van der Waals surface area contributed by atoms with Gasteiger partial charge in [-0.05, 0) is 85.9 Å². The van der Waals surface area contributed by atoms with Crippen molar-refractivity contribution in [1.29, 1.82) is 5.26 Å². The van der Waals surface area contributed by atoms with E-state index in [1.54, 1.807) is 0 Å². The third-order valence-electron chi connectivity index (χ3n) is 7.99. The van der Waals surface area contributed by atoms with Gasteiger partial charge in [0.25, 0.3) is 0 Å². The highest BCUT2D eigenvalue weighted by atomic mass is 15.0. The van der Waals surface area contributed by atoms with Crippen LogP contribution in [0.4, 0.5) is 0 Å². The standard InChI is InChI=1S/C37H22N2/c38-23-24-14-19-36-35(20-24)32-18-16-26(21-37(32)39(36)27-9-2-1-3-10-27)33-22-34-28-11-5-4-8-25(28)15-17-31(34)29-12-6-7-13-30(29)33/h1-22H. The molecular formula is C37H22N2. The van der Waals surface area contributed by atoms with E-state index in [1.807, 2.05) is 18.2 Å². The molecule has 0 radical (unpaired) electrons. The fourth-order valence-electron chi connectivity index (χ4n) is 6.21. The molecule has 39 heavy (non-hydrogen) atoms.